The van der Waals surface area contributed by atoms with Gasteiger partial charge in [-0.3, -0.25) is 0 Å². The van der Waals surface area contributed by atoms with Crippen molar-refractivity contribution < 1.29 is 9.53 Å². The van der Waals surface area contributed by atoms with Gasteiger partial charge in [0.05, 0.1) is 6.61 Å². The molecule has 122 valence electrons. The van der Waals surface area contributed by atoms with Crippen molar-refractivity contribution in [2.24, 2.45) is 5.92 Å². The normalized spacial score (nSPS) is 32.2. The Bertz CT molecular complexity index is 342. The minimum Gasteiger partial charge on any atom is -0.450 e. The average molecular weight is 297 g/mol. The molecule has 3 unspecified atom stereocenters. The first-order chi connectivity index (χ1) is 10.0. The van der Waals surface area contributed by atoms with E-state index >= 15 is 0 Å². The van der Waals surface area contributed by atoms with Crippen LogP contribution in [0.25, 0.3) is 0 Å². The Balaban J connectivity index is 1.77. The van der Waals surface area contributed by atoms with Crippen LogP contribution < -0.4 is 5.32 Å². The number of carbonyl (C=O) groups excluding carboxylic acids is 1. The second kappa shape index (κ2) is 7.45. The Kier molecular flexibility index (Phi) is 5.88. The Morgan fingerprint density at radius 3 is 2.57 bits per heavy atom. The van der Waals surface area contributed by atoms with Crippen LogP contribution in [0.15, 0.2) is 0 Å². The number of likely N-dealkylation sites (tertiary alicyclic amines) is 2. The van der Waals surface area contributed by atoms with E-state index in [0.29, 0.717) is 30.7 Å². The Hall–Kier alpha value is -0.810. The highest BCUT2D eigenvalue weighted by atomic mass is 16.6. The van der Waals surface area contributed by atoms with E-state index < -0.39 is 0 Å². The molecule has 2 aliphatic heterocycles. The maximum atomic E-state index is 11.7. The smallest absolute Gasteiger partial charge is 0.409 e. The van der Waals surface area contributed by atoms with Crippen molar-refractivity contribution in [3.63, 3.8) is 0 Å². The van der Waals surface area contributed by atoms with Gasteiger partial charge in [-0.2, -0.15) is 0 Å². The highest BCUT2D eigenvalue weighted by molar-refractivity contribution is 5.67. The van der Waals surface area contributed by atoms with Gasteiger partial charge >= 0.3 is 6.09 Å². The Labute approximate surface area is 129 Å². The molecule has 2 heterocycles. The van der Waals surface area contributed by atoms with Crippen LogP contribution in [-0.4, -0.2) is 67.3 Å². The number of amides is 1. The van der Waals surface area contributed by atoms with Crippen LogP contribution in [0.3, 0.4) is 0 Å². The molecular formula is C16H31N3O2. The van der Waals surface area contributed by atoms with E-state index in [1.807, 2.05) is 11.8 Å². The number of nitrogens with one attached hydrogen (secondary N) is 1. The summed E-state index contributed by atoms with van der Waals surface area (Å²) in [6.07, 6.45) is 3.13. The van der Waals surface area contributed by atoms with Gasteiger partial charge in [0.25, 0.3) is 0 Å². The zero-order valence-electron chi connectivity index (χ0n) is 14.0. The third kappa shape index (κ3) is 4.33. The number of ether oxygens (including phenoxy) is 1. The summed E-state index contributed by atoms with van der Waals surface area (Å²) in [4.78, 5) is 16.0. The number of nitrogens with zero attached hydrogens (tertiary/aromatic N) is 2. The molecule has 2 rings (SSSR count). The van der Waals surface area contributed by atoms with Gasteiger partial charge < -0.3 is 19.9 Å². The minimum atomic E-state index is -0.155. The molecule has 0 aromatic carbocycles. The molecule has 0 bridgehead atoms. The van der Waals surface area contributed by atoms with E-state index in [-0.39, 0.29) is 6.09 Å². The Morgan fingerprint density at radius 1 is 1.29 bits per heavy atom. The van der Waals surface area contributed by atoms with Gasteiger partial charge in [-0.1, -0.05) is 6.92 Å². The minimum absolute atomic E-state index is 0.155. The zero-order chi connectivity index (χ0) is 15.4. The summed E-state index contributed by atoms with van der Waals surface area (Å²) in [7, 11) is 2.22. The van der Waals surface area contributed by atoms with E-state index in [1.165, 1.54) is 13.0 Å². The fourth-order valence-corrected chi connectivity index (χ4v) is 3.52. The maximum Gasteiger partial charge on any atom is 0.409 e. The summed E-state index contributed by atoms with van der Waals surface area (Å²) >= 11 is 0. The molecular weight excluding hydrogens is 266 g/mol. The molecule has 3 atom stereocenters. The first-order valence-corrected chi connectivity index (χ1v) is 8.39. The van der Waals surface area contributed by atoms with Crippen molar-refractivity contribution in [3.8, 4) is 0 Å². The van der Waals surface area contributed by atoms with Crippen LogP contribution in [-0.2, 0) is 4.74 Å². The lowest BCUT2D eigenvalue weighted by Gasteiger charge is -2.42. The van der Waals surface area contributed by atoms with E-state index in [2.05, 4.69) is 31.1 Å². The van der Waals surface area contributed by atoms with Gasteiger partial charge in [0.2, 0.25) is 0 Å². The molecule has 0 saturated carbocycles. The second-order valence-corrected chi connectivity index (χ2v) is 6.73. The summed E-state index contributed by atoms with van der Waals surface area (Å²) in [6.45, 7) is 9.76. The molecule has 0 spiro atoms. The third-order valence-corrected chi connectivity index (χ3v) is 5.08. The molecule has 2 aliphatic rings. The van der Waals surface area contributed by atoms with Crippen LogP contribution in [0.2, 0.25) is 0 Å². The summed E-state index contributed by atoms with van der Waals surface area (Å²) in [5.41, 5.74) is 0. The number of rotatable bonds is 3. The number of hydrogen-bond donors (Lipinski definition) is 1. The van der Waals surface area contributed by atoms with E-state index in [1.54, 1.807) is 0 Å². The standard InChI is InChI=1S/C16H31N3O2/c1-5-21-16(20)19-8-6-14(7-9-19)17-15-10-13(3)18(4)11-12(15)2/h12-15,17H,5-11H2,1-4H3. The second-order valence-electron chi connectivity index (χ2n) is 6.73. The van der Waals surface area contributed by atoms with E-state index in [9.17, 15) is 4.79 Å². The summed E-state index contributed by atoms with van der Waals surface area (Å²) in [5.74, 6) is 0.689. The summed E-state index contributed by atoms with van der Waals surface area (Å²) < 4.78 is 5.07. The van der Waals surface area contributed by atoms with Gasteiger partial charge in [-0.05, 0) is 46.1 Å². The largest absolute Gasteiger partial charge is 0.450 e. The molecule has 2 fully saturated rings. The monoisotopic (exact) mass is 297 g/mol. The summed E-state index contributed by atoms with van der Waals surface area (Å²) in [5, 5.41) is 3.84. The highest BCUT2D eigenvalue weighted by Crippen LogP contribution is 2.23. The quantitative estimate of drug-likeness (QED) is 0.864. The molecule has 5 nitrogen and oxygen atoms in total. The predicted octanol–water partition coefficient (Wildman–Crippen LogP) is 1.93. The Morgan fingerprint density at radius 2 is 1.95 bits per heavy atom. The lowest BCUT2D eigenvalue weighted by Crippen LogP contribution is -2.55. The molecule has 21 heavy (non-hydrogen) atoms. The predicted molar refractivity (Wildman–Crippen MR) is 84.4 cm³/mol. The molecule has 0 aromatic rings. The van der Waals surface area contributed by atoms with E-state index in [4.69, 9.17) is 4.74 Å². The topological polar surface area (TPSA) is 44.8 Å². The SMILES string of the molecule is CCOC(=O)N1CCC(NC2CC(C)N(C)CC2C)CC1. The van der Waals surface area contributed by atoms with Crippen molar-refractivity contribution in [3.05, 3.63) is 0 Å². The number of hydrogen-bond acceptors (Lipinski definition) is 4. The van der Waals surface area contributed by atoms with Gasteiger partial charge in [0.1, 0.15) is 0 Å². The van der Waals surface area contributed by atoms with Gasteiger partial charge in [-0.15, -0.1) is 0 Å². The number of carbonyl (C=O) groups is 1. The molecule has 0 radical (unpaired) electrons. The zero-order valence-corrected chi connectivity index (χ0v) is 14.0. The van der Waals surface area contributed by atoms with Gasteiger partial charge in [0, 0.05) is 37.8 Å². The van der Waals surface area contributed by atoms with Crippen LogP contribution >= 0.6 is 0 Å². The fraction of sp³-hybridized carbons (Fsp3) is 0.938. The van der Waals surface area contributed by atoms with Crippen LogP contribution in [0.1, 0.15) is 40.0 Å². The first-order valence-electron chi connectivity index (χ1n) is 8.39. The molecule has 2 saturated heterocycles. The molecule has 1 amide bonds. The lowest BCUT2D eigenvalue weighted by atomic mass is 9.88. The van der Waals surface area contributed by atoms with Crippen molar-refractivity contribution >= 4 is 6.09 Å². The van der Waals surface area contributed by atoms with Gasteiger partial charge in [0.15, 0.2) is 0 Å². The molecule has 0 aromatic heterocycles. The highest BCUT2D eigenvalue weighted by Gasteiger charge is 2.31. The molecule has 0 aliphatic carbocycles. The van der Waals surface area contributed by atoms with Crippen molar-refractivity contribution in [1.82, 2.24) is 15.1 Å². The lowest BCUT2D eigenvalue weighted by molar-refractivity contribution is 0.0845. The van der Waals surface area contributed by atoms with Crippen molar-refractivity contribution in [1.29, 1.82) is 0 Å². The van der Waals surface area contributed by atoms with Crippen LogP contribution in [0, 0.1) is 5.92 Å². The molecule has 5 heteroatoms. The van der Waals surface area contributed by atoms with E-state index in [0.717, 1.165) is 25.9 Å². The van der Waals surface area contributed by atoms with Crippen molar-refractivity contribution in [2.45, 2.75) is 58.2 Å². The van der Waals surface area contributed by atoms with Gasteiger partial charge in [-0.25, -0.2) is 4.79 Å². The third-order valence-electron chi connectivity index (χ3n) is 5.08. The molecule has 1 N–H and O–H groups in total. The maximum absolute atomic E-state index is 11.7. The van der Waals surface area contributed by atoms with Crippen LogP contribution in [0.4, 0.5) is 4.79 Å². The average Bonchev–Trinajstić information content (AvgIpc) is 2.46. The summed E-state index contributed by atoms with van der Waals surface area (Å²) in [6, 6.07) is 1.80. The fourth-order valence-electron chi connectivity index (χ4n) is 3.52. The van der Waals surface area contributed by atoms with Crippen molar-refractivity contribution in [2.75, 3.05) is 33.3 Å². The number of piperidine rings is 2. The van der Waals surface area contributed by atoms with Crippen LogP contribution in [0.5, 0.6) is 0 Å². The first kappa shape index (κ1) is 16.6.